The van der Waals surface area contributed by atoms with Crippen LogP contribution in [0.15, 0.2) is 4.52 Å². The van der Waals surface area contributed by atoms with E-state index in [0.717, 1.165) is 36.8 Å². The van der Waals surface area contributed by atoms with Gasteiger partial charge in [-0.1, -0.05) is 32.3 Å². The van der Waals surface area contributed by atoms with Crippen LogP contribution in [0.3, 0.4) is 0 Å². The van der Waals surface area contributed by atoms with E-state index in [-0.39, 0.29) is 0 Å². The largest absolute Gasteiger partial charge is 0.361 e. The summed E-state index contributed by atoms with van der Waals surface area (Å²) in [6, 6.07) is 0. The van der Waals surface area contributed by atoms with Gasteiger partial charge in [-0.2, -0.15) is 0 Å². The molecule has 96 valence electrons. The summed E-state index contributed by atoms with van der Waals surface area (Å²) in [6.07, 6.45) is 4.67. The van der Waals surface area contributed by atoms with Gasteiger partial charge < -0.3 is 9.84 Å². The van der Waals surface area contributed by atoms with Gasteiger partial charge in [0.25, 0.3) is 0 Å². The van der Waals surface area contributed by atoms with E-state index in [1.807, 2.05) is 7.05 Å². The number of hydrogen-bond donors (Lipinski definition) is 1. The van der Waals surface area contributed by atoms with Gasteiger partial charge in [-0.15, -0.1) is 0 Å². The average Bonchev–Trinajstić information content (AvgIpc) is 2.72. The summed E-state index contributed by atoms with van der Waals surface area (Å²) < 4.78 is 5.44. The molecular formula is C14H24N2O. The molecule has 0 aromatic carbocycles. The maximum absolute atomic E-state index is 5.44. The van der Waals surface area contributed by atoms with E-state index in [1.165, 1.54) is 18.4 Å². The second kappa shape index (κ2) is 4.81. The lowest BCUT2D eigenvalue weighted by molar-refractivity contribution is 0.176. The minimum Gasteiger partial charge on any atom is -0.361 e. The van der Waals surface area contributed by atoms with Crippen molar-refractivity contribution in [3.63, 3.8) is 0 Å². The van der Waals surface area contributed by atoms with Crippen LogP contribution >= 0.6 is 0 Å². The molecule has 1 aliphatic rings. The SMILES string of the molecule is CCC(C)(C)C1CCc2onc(CNC)c2C1. The lowest BCUT2D eigenvalue weighted by Gasteiger charge is -2.35. The van der Waals surface area contributed by atoms with Gasteiger partial charge in [-0.25, -0.2) is 0 Å². The Kier molecular flexibility index (Phi) is 3.57. The number of rotatable bonds is 4. The molecule has 0 amide bonds. The van der Waals surface area contributed by atoms with Crippen molar-refractivity contribution in [1.82, 2.24) is 10.5 Å². The van der Waals surface area contributed by atoms with Crippen LogP contribution in [-0.2, 0) is 19.4 Å². The fourth-order valence-electron chi connectivity index (χ4n) is 2.73. The number of aromatic nitrogens is 1. The minimum absolute atomic E-state index is 0.422. The van der Waals surface area contributed by atoms with Crippen molar-refractivity contribution < 1.29 is 4.52 Å². The van der Waals surface area contributed by atoms with Crippen LogP contribution in [0, 0.1) is 11.3 Å². The predicted octanol–water partition coefficient (Wildman–Crippen LogP) is 2.94. The van der Waals surface area contributed by atoms with Crippen molar-refractivity contribution in [3.8, 4) is 0 Å². The first-order valence-corrected chi connectivity index (χ1v) is 6.69. The standard InChI is InChI=1S/C14H24N2O/c1-5-14(2,3)10-6-7-13-11(8-10)12(9-15-4)16-17-13/h10,15H,5-9H2,1-4H3. The van der Waals surface area contributed by atoms with E-state index in [1.54, 1.807) is 0 Å². The van der Waals surface area contributed by atoms with E-state index in [4.69, 9.17) is 4.52 Å². The molecule has 1 unspecified atom stereocenters. The predicted molar refractivity (Wildman–Crippen MR) is 68.9 cm³/mol. The summed E-state index contributed by atoms with van der Waals surface area (Å²) in [6.45, 7) is 7.87. The third-order valence-corrected chi connectivity index (χ3v) is 4.48. The molecule has 0 fully saturated rings. The lowest BCUT2D eigenvalue weighted by atomic mass is 9.69. The van der Waals surface area contributed by atoms with Gasteiger partial charge in [-0.3, -0.25) is 0 Å². The Bertz CT molecular complexity index is 382. The zero-order valence-corrected chi connectivity index (χ0v) is 11.5. The number of hydrogen-bond acceptors (Lipinski definition) is 3. The van der Waals surface area contributed by atoms with Crippen LogP contribution in [0.2, 0.25) is 0 Å². The van der Waals surface area contributed by atoms with Gasteiger partial charge >= 0.3 is 0 Å². The molecule has 1 aromatic rings. The van der Waals surface area contributed by atoms with E-state index in [0.29, 0.717) is 5.41 Å². The van der Waals surface area contributed by atoms with Crippen molar-refractivity contribution in [2.75, 3.05) is 7.05 Å². The van der Waals surface area contributed by atoms with Crippen LogP contribution in [0.4, 0.5) is 0 Å². The molecule has 0 saturated carbocycles. The van der Waals surface area contributed by atoms with Crippen molar-refractivity contribution in [3.05, 3.63) is 17.0 Å². The highest BCUT2D eigenvalue weighted by atomic mass is 16.5. The number of aryl methyl sites for hydroxylation is 1. The van der Waals surface area contributed by atoms with Crippen molar-refractivity contribution in [1.29, 1.82) is 0 Å². The van der Waals surface area contributed by atoms with Crippen LogP contribution < -0.4 is 5.32 Å². The molecule has 1 heterocycles. The smallest absolute Gasteiger partial charge is 0.140 e. The summed E-state index contributed by atoms with van der Waals surface area (Å²) >= 11 is 0. The van der Waals surface area contributed by atoms with Gasteiger partial charge in [0.1, 0.15) is 11.5 Å². The highest BCUT2D eigenvalue weighted by Crippen LogP contribution is 2.40. The molecule has 0 spiro atoms. The molecule has 0 saturated heterocycles. The molecule has 1 N–H and O–H groups in total. The van der Waals surface area contributed by atoms with Gasteiger partial charge in [0.15, 0.2) is 0 Å². The maximum atomic E-state index is 5.44. The third kappa shape index (κ3) is 2.39. The van der Waals surface area contributed by atoms with Gasteiger partial charge in [-0.05, 0) is 31.2 Å². The second-order valence-corrected chi connectivity index (χ2v) is 5.84. The van der Waals surface area contributed by atoms with Gasteiger partial charge in [0.05, 0.1) is 0 Å². The molecular weight excluding hydrogens is 212 g/mol. The molecule has 0 aliphatic heterocycles. The van der Waals surface area contributed by atoms with Crippen molar-refractivity contribution >= 4 is 0 Å². The van der Waals surface area contributed by atoms with Crippen LogP contribution in [0.1, 0.15) is 50.6 Å². The van der Waals surface area contributed by atoms with E-state index in [9.17, 15) is 0 Å². The summed E-state index contributed by atoms with van der Waals surface area (Å²) in [5.41, 5.74) is 2.91. The molecule has 1 aliphatic carbocycles. The first-order valence-electron chi connectivity index (χ1n) is 6.69. The Hall–Kier alpha value is -0.830. The van der Waals surface area contributed by atoms with Crippen LogP contribution in [0.25, 0.3) is 0 Å². The first-order chi connectivity index (χ1) is 8.08. The van der Waals surface area contributed by atoms with Crippen molar-refractivity contribution in [2.45, 2.75) is 53.0 Å². The first kappa shape index (κ1) is 12.6. The minimum atomic E-state index is 0.422. The van der Waals surface area contributed by atoms with Crippen LogP contribution in [-0.4, -0.2) is 12.2 Å². The molecule has 17 heavy (non-hydrogen) atoms. The van der Waals surface area contributed by atoms with E-state index < -0.39 is 0 Å². The Morgan fingerprint density at radius 3 is 2.88 bits per heavy atom. The normalized spacial score (nSPS) is 20.4. The quantitative estimate of drug-likeness (QED) is 0.873. The van der Waals surface area contributed by atoms with Crippen LogP contribution in [0.5, 0.6) is 0 Å². The zero-order chi connectivity index (χ0) is 12.5. The molecule has 0 bridgehead atoms. The fraction of sp³-hybridized carbons (Fsp3) is 0.786. The number of fused-ring (bicyclic) bond motifs is 1. The van der Waals surface area contributed by atoms with E-state index in [2.05, 4.69) is 31.2 Å². The van der Waals surface area contributed by atoms with Crippen molar-refractivity contribution in [2.24, 2.45) is 11.3 Å². The van der Waals surface area contributed by atoms with Gasteiger partial charge in [0.2, 0.25) is 0 Å². The third-order valence-electron chi connectivity index (χ3n) is 4.48. The Labute approximate surface area is 104 Å². The molecule has 1 aromatic heterocycles. The van der Waals surface area contributed by atoms with Gasteiger partial charge in [0, 0.05) is 18.5 Å². The highest BCUT2D eigenvalue weighted by Gasteiger charge is 2.33. The second-order valence-electron chi connectivity index (χ2n) is 5.84. The fourth-order valence-corrected chi connectivity index (χ4v) is 2.73. The molecule has 3 heteroatoms. The monoisotopic (exact) mass is 236 g/mol. The highest BCUT2D eigenvalue weighted by molar-refractivity contribution is 5.26. The lowest BCUT2D eigenvalue weighted by Crippen LogP contribution is -2.29. The zero-order valence-electron chi connectivity index (χ0n) is 11.5. The Morgan fingerprint density at radius 1 is 1.47 bits per heavy atom. The molecule has 0 radical (unpaired) electrons. The number of nitrogens with zero attached hydrogens (tertiary/aromatic N) is 1. The summed E-state index contributed by atoms with van der Waals surface area (Å²) in [5.74, 6) is 1.88. The Morgan fingerprint density at radius 2 is 2.24 bits per heavy atom. The average molecular weight is 236 g/mol. The topological polar surface area (TPSA) is 38.1 Å². The molecule has 3 nitrogen and oxygen atoms in total. The van der Waals surface area contributed by atoms with E-state index >= 15 is 0 Å². The number of nitrogens with one attached hydrogen (secondary N) is 1. The molecule has 2 rings (SSSR count). The Balaban J connectivity index is 2.19. The summed E-state index contributed by atoms with van der Waals surface area (Å²) in [7, 11) is 1.96. The molecule has 1 atom stereocenters. The summed E-state index contributed by atoms with van der Waals surface area (Å²) in [5, 5.41) is 7.36. The maximum Gasteiger partial charge on any atom is 0.140 e. The summed E-state index contributed by atoms with van der Waals surface area (Å²) in [4.78, 5) is 0.